The molecular formula is C22H21F4N3O2. The van der Waals surface area contributed by atoms with Crippen molar-refractivity contribution in [1.82, 2.24) is 4.57 Å². The van der Waals surface area contributed by atoms with Crippen molar-refractivity contribution in [1.29, 1.82) is 5.26 Å². The minimum absolute atomic E-state index is 0.00328. The number of hydrogen-bond acceptors (Lipinski definition) is 4. The number of halogens is 4. The first-order valence-electron chi connectivity index (χ1n) is 9.93. The topological polar surface area (TPSA) is 67.0 Å². The summed E-state index contributed by atoms with van der Waals surface area (Å²) < 4.78 is 62.4. The molecule has 2 aromatic rings. The van der Waals surface area contributed by atoms with E-state index in [4.69, 9.17) is 4.74 Å². The normalized spacial score (nSPS) is 20.4. The maximum atomic E-state index is 14.8. The van der Waals surface area contributed by atoms with Crippen molar-refractivity contribution < 1.29 is 27.1 Å². The molecule has 0 amide bonds. The van der Waals surface area contributed by atoms with Crippen LogP contribution in [0.3, 0.4) is 0 Å². The van der Waals surface area contributed by atoms with Crippen molar-refractivity contribution in [3.05, 3.63) is 46.5 Å². The Balaban J connectivity index is 1.89. The second-order valence-electron chi connectivity index (χ2n) is 8.84. The van der Waals surface area contributed by atoms with E-state index in [0.717, 1.165) is 12.3 Å². The molecule has 164 valence electrons. The molecular weight excluding hydrogens is 414 g/mol. The smallest absolute Gasteiger partial charge is 0.379 e. The molecule has 1 saturated heterocycles. The van der Waals surface area contributed by atoms with E-state index in [2.05, 4.69) is 5.32 Å². The highest BCUT2D eigenvalue weighted by molar-refractivity contribution is 6.00. The fourth-order valence-corrected chi connectivity index (χ4v) is 4.34. The number of hydrogen-bond donors (Lipinski definition) is 1. The average molecular weight is 435 g/mol. The molecule has 4 rings (SSSR count). The summed E-state index contributed by atoms with van der Waals surface area (Å²) >= 11 is 0. The van der Waals surface area contributed by atoms with Crippen molar-refractivity contribution in [3.8, 4) is 11.8 Å². The van der Waals surface area contributed by atoms with Crippen LogP contribution < -0.4 is 5.32 Å². The van der Waals surface area contributed by atoms with Crippen LogP contribution >= 0.6 is 0 Å². The van der Waals surface area contributed by atoms with E-state index in [1.54, 1.807) is 6.07 Å². The van der Waals surface area contributed by atoms with Gasteiger partial charge < -0.3 is 14.6 Å². The van der Waals surface area contributed by atoms with Gasteiger partial charge in [-0.15, -0.1) is 0 Å². The third-order valence-electron chi connectivity index (χ3n) is 5.73. The fraction of sp³-hybridized carbons (Fsp3) is 0.455. The molecule has 31 heavy (non-hydrogen) atoms. The van der Waals surface area contributed by atoms with Crippen LogP contribution in [0.1, 0.15) is 53.9 Å². The van der Waals surface area contributed by atoms with Crippen molar-refractivity contribution in [2.24, 2.45) is 5.41 Å². The molecule has 1 aliphatic heterocycles. The van der Waals surface area contributed by atoms with Crippen LogP contribution in [-0.4, -0.2) is 29.6 Å². The largest absolute Gasteiger partial charge is 0.418 e. The minimum atomic E-state index is -4.72. The van der Waals surface area contributed by atoms with Gasteiger partial charge in [-0.2, -0.15) is 18.4 Å². The van der Waals surface area contributed by atoms with Crippen LogP contribution in [0.15, 0.2) is 18.3 Å². The summed E-state index contributed by atoms with van der Waals surface area (Å²) in [4.78, 5) is 12.6. The minimum Gasteiger partial charge on any atom is -0.379 e. The molecule has 0 radical (unpaired) electrons. The Labute approximate surface area is 176 Å². The van der Waals surface area contributed by atoms with Crippen LogP contribution in [0.25, 0.3) is 5.69 Å². The molecule has 1 aromatic carbocycles. The molecule has 5 nitrogen and oxygen atoms in total. The predicted octanol–water partition coefficient (Wildman–Crippen LogP) is 4.86. The van der Waals surface area contributed by atoms with Gasteiger partial charge >= 0.3 is 6.18 Å². The number of Topliss-reactive ketones (excluding diaryl/α,β-unsaturated/α-hetero) is 1. The van der Waals surface area contributed by atoms with Crippen molar-refractivity contribution in [2.75, 3.05) is 18.5 Å². The Morgan fingerprint density at radius 1 is 1.29 bits per heavy atom. The number of ketones is 1. The lowest BCUT2D eigenvalue weighted by atomic mass is 9.75. The molecule has 1 N–H and O–H groups in total. The van der Waals surface area contributed by atoms with Gasteiger partial charge in [-0.3, -0.25) is 4.79 Å². The highest BCUT2D eigenvalue weighted by atomic mass is 19.4. The lowest BCUT2D eigenvalue weighted by Gasteiger charge is -2.30. The van der Waals surface area contributed by atoms with E-state index in [1.165, 1.54) is 10.6 Å². The van der Waals surface area contributed by atoms with E-state index >= 15 is 0 Å². The molecule has 0 unspecified atom stereocenters. The number of nitrogens with one attached hydrogen (secondary N) is 1. The number of rotatable bonds is 3. The van der Waals surface area contributed by atoms with Gasteiger partial charge in [0.1, 0.15) is 17.4 Å². The molecule has 1 aromatic heterocycles. The van der Waals surface area contributed by atoms with Gasteiger partial charge in [0.05, 0.1) is 35.2 Å². The number of nitriles is 1. The molecule has 1 atom stereocenters. The number of benzene rings is 1. The summed E-state index contributed by atoms with van der Waals surface area (Å²) in [5, 5.41) is 12.4. The third kappa shape index (κ3) is 3.92. The summed E-state index contributed by atoms with van der Waals surface area (Å²) in [5.74, 6) is -1.42. The Hall–Kier alpha value is -2.86. The number of carbonyl (C=O) groups excluding carboxylic acids is 1. The fourth-order valence-electron chi connectivity index (χ4n) is 4.34. The maximum absolute atomic E-state index is 14.8. The Morgan fingerprint density at radius 3 is 2.65 bits per heavy atom. The summed E-state index contributed by atoms with van der Waals surface area (Å²) in [6.45, 7) is 4.53. The number of anilines is 1. The zero-order valence-electron chi connectivity index (χ0n) is 17.1. The van der Waals surface area contributed by atoms with Crippen molar-refractivity contribution in [2.45, 2.75) is 45.3 Å². The average Bonchev–Trinajstić information content (AvgIpc) is 3.27. The SMILES string of the molecule is CC1(C)CC(=O)c2c(C(F)(F)F)cn(-c3cc(F)c(C#N)c(N[C@H]4CCOC4)c3)c2C1. The molecule has 0 bridgehead atoms. The number of carbonyl (C=O) groups is 1. The zero-order valence-corrected chi connectivity index (χ0v) is 17.1. The second-order valence-corrected chi connectivity index (χ2v) is 8.84. The molecule has 2 heterocycles. The molecule has 1 fully saturated rings. The van der Waals surface area contributed by atoms with E-state index in [-0.39, 0.29) is 47.1 Å². The number of nitrogens with zero attached hydrogens (tertiary/aromatic N) is 2. The third-order valence-corrected chi connectivity index (χ3v) is 5.73. The molecule has 9 heteroatoms. The van der Waals surface area contributed by atoms with E-state index < -0.39 is 28.8 Å². The van der Waals surface area contributed by atoms with Crippen LogP contribution in [0, 0.1) is 22.6 Å². The van der Waals surface area contributed by atoms with Gasteiger partial charge in [0.15, 0.2) is 5.78 Å². The summed E-state index contributed by atoms with van der Waals surface area (Å²) in [5.41, 5.74) is -1.62. The maximum Gasteiger partial charge on any atom is 0.418 e. The van der Waals surface area contributed by atoms with E-state index in [1.807, 2.05) is 13.8 Å². The number of alkyl halides is 3. The Kier molecular flexibility index (Phi) is 5.09. The first kappa shape index (κ1) is 21.4. The number of fused-ring (bicyclic) bond motifs is 1. The Morgan fingerprint density at radius 2 is 2.03 bits per heavy atom. The van der Waals surface area contributed by atoms with Gasteiger partial charge in [0.2, 0.25) is 0 Å². The van der Waals surface area contributed by atoms with E-state index in [9.17, 15) is 27.6 Å². The quantitative estimate of drug-likeness (QED) is 0.699. The Bertz CT molecular complexity index is 1090. The standard InChI is InChI=1S/C22H21F4N3O2/c1-21(2)7-18-20(19(30)8-21)15(22(24,25)26)10-29(18)13-5-16(23)14(9-27)17(6-13)28-12-3-4-31-11-12/h5-6,10,12,28H,3-4,7-8,11H2,1-2H3/t12-/m0/s1. The summed E-state index contributed by atoms with van der Waals surface area (Å²) in [6, 6.07) is 4.15. The van der Waals surface area contributed by atoms with Crippen molar-refractivity contribution >= 4 is 11.5 Å². The number of ether oxygens (including phenoxy) is 1. The first-order chi connectivity index (χ1) is 14.5. The molecule has 0 spiro atoms. The van der Waals surface area contributed by atoms with Gasteiger partial charge in [0.25, 0.3) is 0 Å². The lowest BCUT2D eigenvalue weighted by molar-refractivity contribution is -0.137. The lowest BCUT2D eigenvalue weighted by Crippen LogP contribution is -2.29. The van der Waals surface area contributed by atoms with Crippen molar-refractivity contribution in [3.63, 3.8) is 0 Å². The number of aromatic nitrogens is 1. The van der Waals surface area contributed by atoms with Crippen LogP contribution in [0.2, 0.25) is 0 Å². The highest BCUT2D eigenvalue weighted by Crippen LogP contribution is 2.43. The van der Waals surface area contributed by atoms with Gasteiger partial charge in [0, 0.05) is 24.9 Å². The van der Waals surface area contributed by atoms with Crippen LogP contribution in [0.5, 0.6) is 0 Å². The molecule has 2 aliphatic rings. The second kappa shape index (κ2) is 7.38. The first-order valence-corrected chi connectivity index (χ1v) is 9.93. The predicted molar refractivity (Wildman–Crippen MR) is 105 cm³/mol. The van der Waals surface area contributed by atoms with Crippen LogP contribution in [0.4, 0.5) is 23.2 Å². The van der Waals surface area contributed by atoms with Gasteiger partial charge in [-0.25, -0.2) is 4.39 Å². The summed E-state index contributed by atoms with van der Waals surface area (Å²) in [6.07, 6.45) is -2.97. The monoisotopic (exact) mass is 435 g/mol. The van der Waals surface area contributed by atoms with Gasteiger partial charge in [-0.1, -0.05) is 13.8 Å². The zero-order chi connectivity index (χ0) is 22.6. The molecule has 1 aliphatic carbocycles. The highest BCUT2D eigenvalue weighted by Gasteiger charge is 2.43. The molecule has 0 saturated carbocycles. The van der Waals surface area contributed by atoms with Crippen LogP contribution in [-0.2, 0) is 17.3 Å². The summed E-state index contributed by atoms with van der Waals surface area (Å²) in [7, 11) is 0. The van der Waals surface area contributed by atoms with E-state index in [0.29, 0.717) is 19.6 Å². The van der Waals surface area contributed by atoms with Gasteiger partial charge in [-0.05, 0) is 30.4 Å².